The Bertz CT molecular complexity index is 640. The molecule has 1 aromatic carbocycles. The van der Waals surface area contributed by atoms with Crippen LogP contribution in [0.25, 0.3) is 5.69 Å². The van der Waals surface area contributed by atoms with Crippen LogP contribution in [0.3, 0.4) is 0 Å². The van der Waals surface area contributed by atoms with Gasteiger partial charge in [0.2, 0.25) is 5.91 Å². The molecule has 1 N–H and O–H groups in total. The molecule has 2 heterocycles. The molecule has 1 aromatic heterocycles. The standard InChI is InChI=1S/C14H14N4O/c1-10-15-8-9-18(10)12-4-2-11(3-5-12)13-6-7-14(19)17-16-13/h2-5,8-9H,6-7H2,1H3,(H,17,19). The maximum absolute atomic E-state index is 11.1. The Morgan fingerprint density at radius 3 is 2.58 bits per heavy atom. The van der Waals surface area contributed by atoms with Crippen LogP contribution in [0.2, 0.25) is 0 Å². The minimum absolute atomic E-state index is 0.0191. The van der Waals surface area contributed by atoms with E-state index in [1.165, 1.54) is 0 Å². The van der Waals surface area contributed by atoms with Gasteiger partial charge in [-0.2, -0.15) is 5.10 Å². The number of nitrogens with zero attached hydrogens (tertiary/aromatic N) is 3. The number of amides is 1. The van der Waals surface area contributed by atoms with Crippen molar-refractivity contribution in [2.75, 3.05) is 0 Å². The van der Waals surface area contributed by atoms with Crippen molar-refractivity contribution in [3.8, 4) is 5.69 Å². The third-order valence-electron chi connectivity index (χ3n) is 3.21. The normalized spacial score (nSPS) is 15.0. The van der Waals surface area contributed by atoms with Gasteiger partial charge in [0.15, 0.2) is 0 Å². The summed E-state index contributed by atoms with van der Waals surface area (Å²) >= 11 is 0. The lowest BCUT2D eigenvalue weighted by molar-refractivity contribution is -0.121. The van der Waals surface area contributed by atoms with Crippen LogP contribution in [0.5, 0.6) is 0 Å². The van der Waals surface area contributed by atoms with Crippen molar-refractivity contribution in [1.82, 2.24) is 15.0 Å². The molecule has 0 fully saturated rings. The van der Waals surface area contributed by atoms with Crippen molar-refractivity contribution >= 4 is 11.6 Å². The van der Waals surface area contributed by atoms with Gasteiger partial charge in [0.1, 0.15) is 5.82 Å². The topological polar surface area (TPSA) is 59.3 Å². The number of hydrogen-bond donors (Lipinski definition) is 1. The van der Waals surface area contributed by atoms with E-state index in [4.69, 9.17) is 0 Å². The number of carbonyl (C=O) groups is 1. The highest BCUT2D eigenvalue weighted by molar-refractivity contribution is 6.04. The number of hydrazone groups is 1. The molecule has 1 aliphatic heterocycles. The van der Waals surface area contributed by atoms with Gasteiger partial charge in [0.05, 0.1) is 5.71 Å². The summed E-state index contributed by atoms with van der Waals surface area (Å²) in [6.07, 6.45) is 4.91. The fourth-order valence-electron chi connectivity index (χ4n) is 2.15. The van der Waals surface area contributed by atoms with Gasteiger partial charge in [-0.1, -0.05) is 12.1 Å². The monoisotopic (exact) mass is 254 g/mol. The number of carbonyl (C=O) groups excluding carboxylic acids is 1. The Morgan fingerprint density at radius 1 is 1.21 bits per heavy atom. The molecular weight excluding hydrogens is 240 g/mol. The summed E-state index contributed by atoms with van der Waals surface area (Å²) in [5.74, 6) is 0.935. The Morgan fingerprint density at radius 2 is 2.00 bits per heavy atom. The van der Waals surface area contributed by atoms with Crippen molar-refractivity contribution < 1.29 is 4.79 Å². The van der Waals surface area contributed by atoms with Crippen molar-refractivity contribution in [2.45, 2.75) is 19.8 Å². The molecule has 3 rings (SSSR count). The van der Waals surface area contributed by atoms with E-state index in [1.807, 2.05) is 42.0 Å². The summed E-state index contributed by atoms with van der Waals surface area (Å²) in [6.45, 7) is 1.97. The van der Waals surface area contributed by atoms with Crippen LogP contribution in [-0.4, -0.2) is 21.2 Å². The van der Waals surface area contributed by atoms with Gasteiger partial charge in [-0.05, 0) is 24.6 Å². The Hall–Kier alpha value is -2.43. The highest BCUT2D eigenvalue weighted by Gasteiger charge is 2.13. The second-order valence-electron chi connectivity index (χ2n) is 4.48. The number of benzene rings is 1. The molecule has 5 nitrogen and oxygen atoms in total. The Labute approximate surface area is 111 Å². The lowest BCUT2D eigenvalue weighted by atomic mass is 10.0. The van der Waals surface area contributed by atoms with E-state index in [0.717, 1.165) is 22.8 Å². The van der Waals surface area contributed by atoms with Crippen LogP contribution in [0.4, 0.5) is 0 Å². The zero-order valence-corrected chi connectivity index (χ0v) is 10.6. The average Bonchev–Trinajstić information content (AvgIpc) is 2.86. The number of aromatic nitrogens is 2. The fraction of sp³-hybridized carbons (Fsp3) is 0.214. The molecule has 0 saturated carbocycles. The summed E-state index contributed by atoms with van der Waals surface area (Å²) in [4.78, 5) is 15.3. The van der Waals surface area contributed by atoms with Gasteiger partial charge in [-0.25, -0.2) is 10.4 Å². The van der Waals surface area contributed by atoms with E-state index in [9.17, 15) is 4.79 Å². The van der Waals surface area contributed by atoms with Crippen LogP contribution in [0.1, 0.15) is 24.2 Å². The maximum atomic E-state index is 11.1. The third kappa shape index (κ3) is 2.27. The van der Waals surface area contributed by atoms with E-state index in [1.54, 1.807) is 6.20 Å². The van der Waals surface area contributed by atoms with Crippen LogP contribution < -0.4 is 5.43 Å². The fourth-order valence-corrected chi connectivity index (χ4v) is 2.15. The molecular formula is C14H14N4O. The molecule has 96 valence electrons. The summed E-state index contributed by atoms with van der Waals surface area (Å²) in [7, 11) is 0. The second kappa shape index (κ2) is 4.68. The molecule has 1 amide bonds. The first-order chi connectivity index (χ1) is 9.24. The van der Waals surface area contributed by atoms with E-state index in [-0.39, 0.29) is 5.91 Å². The Kier molecular flexibility index (Phi) is 2.87. The van der Waals surface area contributed by atoms with Crippen LogP contribution in [0.15, 0.2) is 41.8 Å². The van der Waals surface area contributed by atoms with Crippen LogP contribution >= 0.6 is 0 Å². The van der Waals surface area contributed by atoms with Crippen molar-refractivity contribution in [3.63, 3.8) is 0 Å². The van der Waals surface area contributed by atoms with Crippen molar-refractivity contribution in [2.24, 2.45) is 5.10 Å². The lowest BCUT2D eigenvalue weighted by Crippen LogP contribution is -2.25. The molecule has 2 aromatic rings. The molecule has 19 heavy (non-hydrogen) atoms. The lowest BCUT2D eigenvalue weighted by Gasteiger charge is -2.12. The number of rotatable bonds is 2. The van der Waals surface area contributed by atoms with Gasteiger partial charge in [0, 0.05) is 30.9 Å². The third-order valence-corrected chi connectivity index (χ3v) is 3.21. The first kappa shape index (κ1) is 11.6. The molecule has 0 unspecified atom stereocenters. The molecule has 0 saturated heterocycles. The number of aryl methyl sites for hydroxylation is 1. The first-order valence-electron chi connectivity index (χ1n) is 6.20. The summed E-state index contributed by atoms with van der Waals surface area (Å²) in [6, 6.07) is 8.10. The number of nitrogens with one attached hydrogen (secondary N) is 1. The summed E-state index contributed by atoms with van der Waals surface area (Å²) < 4.78 is 2.02. The maximum Gasteiger partial charge on any atom is 0.240 e. The van der Waals surface area contributed by atoms with Gasteiger partial charge < -0.3 is 4.57 Å². The highest BCUT2D eigenvalue weighted by atomic mass is 16.2. The van der Waals surface area contributed by atoms with Crippen LogP contribution in [-0.2, 0) is 4.79 Å². The van der Waals surface area contributed by atoms with Gasteiger partial charge in [0.25, 0.3) is 0 Å². The minimum Gasteiger partial charge on any atom is -0.304 e. The first-order valence-corrected chi connectivity index (χ1v) is 6.20. The molecule has 0 bridgehead atoms. The minimum atomic E-state index is -0.0191. The highest BCUT2D eigenvalue weighted by Crippen LogP contribution is 2.15. The Balaban J connectivity index is 1.87. The molecule has 1 aliphatic rings. The number of hydrogen-bond acceptors (Lipinski definition) is 3. The van der Waals surface area contributed by atoms with Crippen LogP contribution in [0, 0.1) is 6.92 Å². The predicted molar refractivity (Wildman–Crippen MR) is 72.2 cm³/mol. The molecule has 0 atom stereocenters. The van der Waals surface area contributed by atoms with E-state index in [2.05, 4.69) is 15.5 Å². The van der Waals surface area contributed by atoms with E-state index < -0.39 is 0 Å². The molecule has 0 spiro atoms. The van der Waals surface area contributed by atoms with Gasteiger partial charge in [-0.15, -0.1) is 0 Å². The second-order valence-corrected chi connectivity index (χ2v) is 4.48. The molecule has 5 heteroatoms. The smallest absolute Gasteiger partial charge is 0.240 e. The van der Waals surface area contributed by atoms with Crippen molar-refractivity contribution in [1.29, 1.82) is 0 Å². The van der Waals surface area contributed by atoms with E-state index >= 15 is 0 Å². The molecule has 0 aliphatic carbocycles. The van der Waals surface area contributed by atoms with Gasteiger partial charge in [-0.3, -0.25) is 4.79 Å². The summed E-state index contributed by atoms with van der Waals surface area (Å²) in [5, 5.41) is 4.09. The molecule has 0 radical (unpaired) electrons. The average molecular weight is 254 g/mol. The predicted octanol–water partition coefficient (Wildman–Crippen LogP) is 1.79. The van der Waals surface area contributed by atoms with E-state index in [0.29, 0.717) is 12.8 Å². The quantitative estimate of drug-likeness (QED) is 0.888. The SMILES string of the molecule is Cc1nccn1-c1ccc(C2=NNC(=O)CC2)cc1. The largest absolute Gasteiger partial charge is 0.304 e. The zero-order valence-electron chi connectivity index (χ0n) is 10.6. The zero-order chi connectivity index (χ0) is 13.2. The van der Waals surface area contributed by atoms with Crippen molar-refractivity contribution in [3.05, 3.63) is 48.0 Å². The summed E-state index contributed by atoms with van der Waals surface area (Å²) in [5.41, 5.74) is 5.55. The number of imidazole rings is 1. The van der Waals surface area contributed by atoms with Gasteiger partial charge >= 0.3 is 0 Å².